The van der Waals surface area contributed by atoms with Gasteiger partial charge in [0.1, 0.15) is 0 Å². The van der Waals surface area contributed by atoms with E-state index in [-0.39, 0.29) is 0 Å². The Hall–Kier alpha value is -18.5. The molecule has 148 heavy (non-hydrogen) atoms. The Morgan fingerprint density at radius 2 is 0.419 bits per heavy atom. The molecule has 0 atom stereocenters. The Morgan fingerprint density at radius 1 is 0.149 bits per heavy atom. The summed E-state index contributed by atoms with van der Waals surface area (Å²) in [5.74, 6) is 15.1. The second-order valence-electron chi connectivity index (χ2n) is 38.8. The number of thiophene rings is 4. The molecule has 4 nitrogen and oxygen atoms in total. The number of hydrogen-bond donors (Lipinski definition) is 0. The number of rotatable bonds is 8. The molecule has 8 heterocycles. The van der Waals surface area contributed by atoms with E-state index in [2.05, 4.69) is 527 Å². The lowest BCUT2D eigenvalue weighted by molar-refractivity contribution is 1.18. The molecule has 0 aliphatic heterocycles. The Morgan fingerprint density at radius 3 is 0.764 bits per heavy atom. The lowest BCUT2D eigenvalue weighted by atomic mass is 9.87. The zero-order chi connectivity index (χ0) is 96.9. The van der Waals surface area contributed by atoms with E-state index in [0.29, 0.717) is 0 Å². The smallest absolute Gasteiger partial charge is 0.0541 e. The maximum absolute atomic E-state index is 3.82. The van der Waals surface area contributed by atoms with Crippen LogP contribution < -0.4 is 0 Å². The first-order valence-electron chi connectivity index (χ1n) is 50.3. The molecule has 8 aromatic heterocycles. The SMILES string of the molecule is C(#Cc1cc(-c2cccc3c2sc2ccccc23)c(C#Cc2ccc3c(c2)c2ccccc2n3-c2ccccc2)cc1-c1cccc2c1sc1ccccc12)c1ccc2c(c1)c1ccccc1n2-c1ccccc1.c1ccc(-n2c3ccccc3c3cc(-c4cc5cc6c(cc(-c7ccc8c(c7)c7ccccc7n8-c7ccccc7)c7ccc8c9ccccc9sc8c76)cc5c5c4ccc4c6ccccc6sc45)ccc32)cc1. The molecule has 8 heteroatoms. The van der Waals surface area contributed by atoms with Gasteiger partial charge in [0.25, 0.3) is 0 Å². The van der Waals surface area contributed by atoms with Gasteiger partial charge in [-0.3, -0.25) is 0 Å². The lowest BCUT2D eigenvalue weighted by Crippen LogP contribution is -1.94. The van der Waals surface area contributed by atoms with Crippen molar-refractivity contribution in [1.82, 2.24) is 18.3 Å². The van der Waals surface area contributed by atoms with Crippen molar-refractivity contribution in [2.45, 2.75) is 0 Å². The number of fused-ring (bicyclic) bond motifs is 32. The molecule has 32 rings (SSSR count). The zero-order valence-corrected chi connectivity index (χ0v) is 82.9. The molecule has 0 radical (unpaired) electrons. The first-order chi connectivity index (χ1) is 73.4. The molecule has 0 N–H and O–H groups in total. The van der Waals surface area contributed by atoms with Crippen LogP contribution in [0.3, 0.4) is 0 Å². The van der Waals surface area contributed by atoms with Gasteiger partial charge in [0.15, 0.2) is 0 Å². The molecule has 0 aliphatic rings. The summed E-state index contributed by atoms with van der Waals surface area (Å²) in [6.07, 6.45) is 0. The number of aromatic nitrogens is 4. The fourth-order valence-electron chi connectivity index (χ4n) is 24.1. The fraction of sp³-hybridized carbons (Fsp3) is 0. The summed E-state index contributed by atoms with van der Waals surface area (Å²) in [6.45, 7) is 0. The average Bonchev–Trinajstić information content (AvgIpc) is 1.34. The summed E-state index contributed by atoms with van der Waals surface area (Å²) in [6, 6.07) is 179. The molecular formula is C140H80N4S4. The minimum atomic E-state index is 0.954. The van der Waals surface area contributed by atoms with Gasteiger partial charge in [-0.15, -0.1) is 45.3 Å². The third kappa shape index (κ3) is 13.2. The molecule has 0 amide bonds. The fourth-order valence-corrected chi connectivity index (χ4v) is 29.1. The van der Waals surface area contributed by atoms with E-state index >= 15 is 0 Å². The zero-order valence-electron chi connectivity index (χ0n) is 79.6. The Bertz CT molecular complexity index is 10800. The molecule has 32 aromatic rings. The van der Waals surface area contributed by atoms with Crippen LogP contribution in [0.4, 0.5) is 0 Å². The van der Waals surface area contributed by atoms with Crippen LogP contribution in [0, 0.1) is 23.7 Å². The Labute approximate surface area is 865 Å². The number of nitrogens with zero attached hydrogens (tertiary/aromatic N) is 4. The van der Waals surface area contributed by atoms with E-state index < -0.39 is 0 Å². The van der Waals surface area contributed by atoms with Crippen molar-refractivity contribution in [2.24, 2.45) is 0 Å². The molecule has 0 fully saturated rings. The lowest BCUT2D eigenvalue weighted by Gasteiger charge is -2.17. The standard InChI is InChI=1S/2C70H40N2S2/c1-3-15-45(16-4-1)71-61-23-11-7-19-47(61)59-35-41(27-33-63(59)71)55-37-43-39-58-44(40-57(43)67-51(55)29-31-53-49-21-9-13-25-65(49)73-69(53)67)38-56(52-30-32-54-50-22-10-14-26-66(50)74-70(54)68(52)58)42-28-34-64-60(36-42)48-20-8-12-24-62(48)72(64)46-17-5-2-6-18-46;1-3-17-49(18-4-1)71-63-29-11-7-21-51(63)61-41-45(35-39-65(61)71)33-37-47-43-60(58-28-16-26-56-54-24-10-14-32-68(54)74-70(56)58)48(44-59(47)57-27-15-25-55-53-23-9-13-31-67(53)73-69(55)57)38-34-46-36-40-66-62(42-46)52-22-8-12-30-64(52)72(66)50-19-5-2-6-20-50/h1-40H;1-32,35-36,39-44H. The van der Waals surface area contributed by atoms with Crippen molar-refractivity contribution in [3.8, 4) is 90.9 Å². The van der Waals surface area contributed by atoms with Gasteiger partial charge in [-0.05, 0) is 249 Å². The largest absolute Gasteiger partial charge is 0.309 e. The molecule has 0 bridgehead atoms. The molecule has 0 unspecified atom stereocenters. The summed E-state index contributed by atoms with van der Waals surface area (Å²) < 4.78 is 19.9. The quantitative estimate of drug-likeness (QED) is 0.0821. The van der Waals surface area contributed by atoms with Gasteiger partial charge in [0.05, 0.1) is 44.1 Å². The van der Waals surface area contributed by atoms with E-state index in [1.54, 1.807) is 0 Å². The minimum Gasteiger partial charge on any atom is -0.309 e. The first-order valence-corrected chi connectivity index (χ1v) is 53.6. The summed E-state index contributed by atoms with van der Waals surface area (Å²) in [5, 5.41) is 30.3. The molecule has 0 saturated carbocycles. The predicted molar refractivity (Wildman–Crippen MR) is 638 cm³/mol. The van der Waals surface area contributed by atoms with Gasteiger partial charge in [0, 0.05) is 202 Å². The van der Waals surface area contributed by atoms with Crippen molar-refractivity contribution in [1.29, 1.82) is 0 Å². The topological polar surface area (TPSA) is 19.7 Å². The van der Waals surface area contributed by atoms with Gasteiger partial charge in [-0.25, -0.2) is 0 Å². The second-order valence-corrected chi connectivity index (χ2v) is 43.0. The summed E-state index contributed by atoms with van der Waals surface area (Å²) in [7, 11) is 0. The highest BCUT2D eigenvalue weighted by Crippen LogP contribution is 2.53. The van der Waals surface area contributed by atoms with Crippen LogP contribution in [-0.4, -0.2) is 18.3 Å². The van der Waals surface area contributed by atoms with Crippen LogP contribution in [0.25, 0.3) is 278 Å². The molecule has 0 spiro atoms. The van der Waals surface area contributed by atoms with Crippen molar-refractivity contribution in [3.63, 3.8) is 0 Å². The monoisotopic (exact) mass is 1940 g/mol. The maximum atomic E-state index is 3.82. The highest BCUT2D eigenvalue weighted by Gasteiger charge is 2.27. The van der Waals surface area contributed by atoms with E-state index in [1.165, 1.54) is 234 Å². The van der Waals surface area contributed by atoms with Crippen LogP contribution >= 0.6 is 45.3 Å². The molecule has 684 valence electrons. The highest BCUT2D eigenvalue weighted by molar-refractivity contribution is 7.28. The van der Waals surface area contributed by atoms with Gasteiger partial charge in [-0.2, -0.15) is 0 Å². The maximum Gasteiger partial charge on any atom is 0.0541 e. The summed E-state index contributed by atoms with van der Waals surface area (Å²) in [5.41, 5.74) is 27.3. The van der Waals surface area contributed by atoms with Gasteiger partial charge >= 0.3 is 0 Å². The van der Waals surface area contributed by atoms with Crippen molar-refractivity contribution >= 4 is 256 Å². The third-order valence-corrected chi connectivity index (χ3v) is 35.5. The number of benzene rings is 24. The van der Waals surface area contributed by atoms with Crippen LogP contribution in [0.5, 0.6) is 0 Å². The van der Waals surface area contributed by atoms with E-state index in [1.807, 2.05) is 45.3 Å². The minimum absolute atomic E-state index is 0.954. The van der Waals surface area contributed by atoms with Crippen molar-refractivity contribution in [3.05, 3.63) is 508 Å². The van der Waals surface area contributed by atoms with Crippen molar-refractivity contribution in [2.75, 3.05) is 0 Å². The van der Waals surface area contributed by atoms with E-state index in [9.17, 15) is 0 Å². The van der Waals surface area contributed by atoms with Crippen LogP contribution in [-0.2, 0) is 0 Å². The van der Waals surface area contributed by atoms with Crippen molar-refractivity contribution < 1.29 is 0 Å². The molecular weight excluding hydrogens is 1870 g/mol. The van der Waals surface area contributed by atoms with Gasteiger partial charge in [-0.1, -0.05) is 315 Å². The van der Waals surface area contributed by atoms with Crippen LogP contribution in [0.15, 0.2) is 485 Å². The van der Waals surface area contributed by atoms with E-state index in [4.69, 9.17) is 0 Å². The first kappa shape index (κ1) is 84.1. The summed E-state index contributed by atoms with van der Waals surface area (Å²) in [4.78, 5) is 0. The average molecular weight is 1950 g/mol. The molecule has 0 saturated heterocycles. The van der Waals surface area contributed by atoms with Gasteiger partial charge < -0.3 is 18.3 Å². The van der Waals surface area contributed by atoms with Gasteiger partial charge in [0.2, 0.25) is 0 Å². The molecule has 24 aromatic carbocycles. The Kier molecular flexibility index (Phi) is 19.1. The normalized spacial score (nSPS) is 11.9. The third-order valence-electron chi connectivity index (χ3n) is 30.6. The van der Waals surface area contributed by atoms with E-state index in [0.717, 1.165) is 66.9 Å². The van der Waals surface area contributed by atoms with Crippen LogP contribution in [0.1, 0.15) is 22.3 Å². The summed E-state index contributed by atoms with van der Waals surface area (Å²) >= 11 is 7.54. The second kappa shape index (κ2) is 33.6. The molecule has 0 aliphatic carbocycles. The van der Waals surface area contributed by atoms with Crippen LogP contribution in [0.2, 0.25) is 0 Å². The number of para-hydroxylation sites is 8. The predicted octanol–water partition coefficient (Wildman–Crippen LogP) is 39.3. The Balaban J connectivity index is 0.000000134. The highest BCUT2D eigenvalue weighted by atomic mass is 32.1. The number of hydrogen-bond acceptors (Lipinski definition) is 4.